The summed E-state index contributed by atoms with van der Waals surface area (Å²) in [6, 6.07) is 2.17. The highest BCUT2D eigenvalue weighted by molar-refractivity contribution is 9.10. The molecule has 112 valence electrons. The summed E-state index contributed by atoms with van der Waals surface area (Å²) in [5.41, 5.74) is 3.45. The fraction of sp³-hybridized carbons (Fsp3) is 0.533. The molecule has 0 bridgehead atoms. The second kappa shape index (κ2) is 6.44. The molecule has 0 saturated heterocycles. The van der Waals surface area contributed by atoms with E-state index in [4.69, 9.17) is 5.26 Å². The fourth-order valence-corrected chi connectivity index (χ4v) is 2.76. The lowest BCUT2D eigenvalue weighted by Crippen LogP contribution is -2.31. The van der Waals surface area contributed by atoms with Crippen molar-refractivity contribution in [3.8, 4) is 6.07 Å². The Hall–Kier alpha value is -1.61. The van der Waals surface area contributed by atoms with Gasteiger partial charge in [0, 0.05) is 17.0 Å². The van der Waals surface area contributed by atoms with Crippen LogP contribution in [0, 0.1) is 31.1 Å². The number of hydrogen-bond donors (Lipinski definition) is 1. The van der Waals surface area contributed by atoms with Crippen molar-refractivity contribution in [1.82, 2.24) is 15.1 Å². The first-order valence-electron chi connectivity index (χ1n) is 7.06. The number of allylic oxidation sites excluding steroid dienone is 2. The molecular formula is C15H19BrN4O. The molecule has 0 unspecified atom stereocenters. The summed E-state index contributed by atoms with van der Waals surface area (Å²) in [5, 5.41) is 16.3. The van der Waals surface area contributed by atoms with Crippen LogP contribution in [-0.4, -0.2) is 15.7 Å². The smallest absolute Gasteiger partial charge is 0.228 e. The van der Waals surface area contributed by atoms with Crippen LogP contribution in [-0.2, 0) is 11.3 Å². The molecule has 21 heavy (non-hydrogen) atoms. The molecule has 0 radical (unpaired) electrons. The van der Waals surface area contributed by atoms with Gasteiger partial charge in [-0.3, -0.25) is 9.48 Å². The van der Waals surface area contributed by atoms with Crippen LogP contribution >= 0.6 is 15.9 Å². The molecule has 0 aliphatic heterocycles. The third-order valence-electron chi connectivity index (χ3n) is 3.81. The van der Waals surface area contributed by atoms with E-state index in [1.807, 2.05) is 25.5 Å². The molecule has 1 N–H and O–H groups in total. The highest BCUT2D eigenvalue weighted by atomic mass is 79.9. The number of aryl methyl sites for hydroxylation is 1. The Labute approximate surface area is 133 Å². The zero-order valence-corrected chi connectivity index (χ0v) is 14.1. The first-order valence-corrected chi connectivity index (χ1v) is 7.85. The predicted octanol–water partition coefficient (Wildman–Crippen LogP) is 2.98. The van der Waals surface area contributed by atoms with Gasteiger partial charge in [-0.15, -0.1) is 0 Å². The first-order chi connectivity index (χ1) is 9.93. The van der Waals surface area contributed by atoms with E-state index in [9.17, 15) is 4.79 Å². The van der Waals surface area contributed by atoms with E-state index in [-0.39, 0.29) is 11.8 Å². The van der Waals surface area contributed by atoms with Crippen molar-refractivity contribution in [2.45, 2.75) is 46.6 Å². The van der Waals surface area contributed by atoms with Crippen molar-refractivity contribution in [2.24, 2.45) is 5.92 Å². The van der Waals surface area contributed by atoms with E-state index < -0.39 is 0 Å². The zero-order chi connectivity index (χ0) is 15.6. The Kier molecular flexibility index (Phi) is 4.84. The third kappa shape index (κ3) is 3.35. The molecule has 1 heterocycles. The minimum Gasteiger partial charge on any atom is -0.328 e. The summed E-state index contributed by atoms with van der Waals surface area (Å²) in [7, 11) is 0. The maximum absolute atomic E-state index is 12.3. The van der Waals surface area contributed by atoms with Crippen LogP contribution < -0.4 is 5.32 Å². The number of rotatable bonds is 4. The van der Waals surface area contributed by atoms with Crippen molar-refractivity contribution < 1.29 is 4.79 Å². The molecule has 5 nitrogen and oxygen atoms in total. The second-order valence-electron chi connectivity index (χ2n) is 5.48. The van der Waals surface area contributed by atoms with Gasteiger partial charge in [-0.05, 0) is 49.0 Å². The van der Waals surface area contributed by atoms with Crippen molar-refractivity contribution >= 4 is 21.8 Å². The maximum atomic E-state index is 12.3. The molecule has 0 saturated carbocycles. The van der Waals surface area contributed by atoms with Gasteiger partial charge in [0.1, 0.15) is 0 Å². The van der Waals surface area contributed by atoms with E-state index in [0.29, 0.717) is 12.1 Å². The first kappa shape index (κ1) is 15.8. The number of aromatic nitrogens is 2. The van der Waals surface area contributed by atoms with Crippen molar-refractivity contribution in [3.63, 3.8) is 0 Å². The maximum Gasteiger partial charge on any atom is 0.228 e. The molecule has 6 heteroatoms. The second-order valence-corrected chi connectivity index (χ2v) is 6.27. The van der Waals surface area contributed by atoms with Crippen molar-refractivity contribution in [3.05, 3.63) is 27.1 Å². The van der Waals surface area contributed by atoms with Gasteiger partial charge >= 0.3 is 0 Å². The minimum absolute atomic E-state index is 0.0525. The number of amides is 1. The van der Waals surface area contributed by atoms with Gasteiger partial charge in [0.05, 0.1) is 28.7 Å². The van der Waals surface area contributed by atoms with Gasteiger partial charge in [0.15, 0.2) is 0 Å². The molecule has 1 aliphatic rings. The van der Waals surface area contributed by atoms with E-state index in [1.165, 1.54) is 0 Å². The highest BCUT2D eigenvalue weighted by Gasteiger charge is 2.21. The zero-order valence-electron chi connectivity index (χ0n) is 12.5. The summed E-state index contributed by atoms with van der Waals surface area (Å²) in [6.45, 7) is 6.31. The van der Waals surface area contributed by atoms with Crippen LogP contribution in [0.1, 0.15) is 37.6 Å². The van der Waals surface area contributed by atoms with Gasteiger partial charge < -0.3 is 5.32 Å². The molecule has 1 aromatic heterocycles. The van der Waals surface area contributed by atoms with Crippen LogP contribution in [0.4, 0.5) is 0 Å². The molecular weight excluding hydrogens is 332 g/mol. The van der Waals surface area contributed by atoms with E-state index >= 15 is 0 Å². The lowest BCUT2D eigenvalue weighted by Gasteiger charge is -2.14. The van der Waals surface area contributed by atoms with Crippen LogP contribution in [0.15, 0.2) is 15.7 Å². The SMILES string of the molecule is Cc1nn(C[C@H](C)C(=O)NC2=C(C#N)CCC2)c(C)c1Br. The molecule has 1 aromatic rings. The summed E-state index contributed by atoms with van der Waals surface area (Å²) in [5.74, 6) is -0.258. The molecule has 1 aliphatic carbocycles. The summed E-state index contributed by atoms with van der Waals surface area (Å²) < 4.78 is 2.83. The molecule has 1 amide bonds. The van der Waals surface area contributed by atoms with Gasteiger partial charge in [0.25, 0.3) is 0 Å². The topological polar surface area (TPSA) is 70.7 Å². The lowest BCUT2D eigenvalue weighted by atomic mass is 10.1. The fourth-order valence-electron chi connectivity index (χ4n) is 2.47. The average molecular weight is 351 g/mol. The minimum atomic E-state index is -0.206. The molecule has 0 aromatic carbocycles. The Morgan fingerprint density at radius 2 is 2.24 bits per heavy atom. The quantitative estimate of drug-likeness (QED) is 0.907. The number of hydrogen-bond acceptors (Lipinski definition) is 3. The number of carbonyl (C=O) groups is 1. The van der Waals surface area contributed by atoms with Crippen LogP contribution in [0.3, 0.4) is 0 Å². The number of nitrogens with one attached hydrogen (secondary N) is 1. The average Bonchev–Trinajstić information content (AvgIpc) is 2.99. The largest absolute Gasteiger partial charge is 0.328 e. The Morgan fingerprint density at radius 1 is 1.52 bits per heavy atom. The normalized spacial score (nSPS) is 16.0. The lowest BCUT2D eigenvalue weighted by molar-refractivity contribution is -0.124. The number of carbonyl (C=O) groups excluding carboxylic acids is 1. The monoisotopic (exact) mass is 350 g/mol. The molecule has 2 rings (SSSR count). The summed E-state index contributed by atoms with van der Waals surface area (Å²) in [6.07, 6.45) is 2.50. The van der Waals surface area contributed by atoms with Crippen LogP contribution in [0.5, 0.6) is 0 Å². The molecule has 1 atom stereocenters. The third-order valence-corrected chi connectivity index (χ3v) is 4.96. The van der Waals surface area contributed by atoms with E-state index in [1.54, 1.807) is 0 Å². The van der Waals surface area contributed by atoms with E-state index in [0.717, 1.165) is 40.8 Å². The molecule has 0 fully saturated rings. The Bertz CT molecular complexity index is 639. The number of halogens is 1. The molecule has 0 spiro atoms. The van der Waals surface area contributed by atoms with E-state index in [2.05, 4.69) is 32.4 Å². The number of nitrogens with zero attached hydrogens (tertiary/aromatic N) is 3. The van der Waals surface area contributed by atoms with Crippen molar-refractivity contribution in [2.75, 3.05) is 0 Å². The van der Waals surface area contributed by atoms with Gasteiger partial charge in [-0.1, -0.05) is 6.92 Å². The number of nitriles is 1. The Morgan fingerprint density at radius 3 is 2.81 bits per heavy atom. The van der Waals surface area contributed by atoms with Gasteiger partial charge in [-0.25, -0.2) is 0 Å². The summed E-state index contributed by atoms with van der Waals surface area (Å²) >= 11 is 3.49. The predicted molar refractivity (Wildman–Crippen MR) is 83.2 cm³/mol. The standard InChI is InChI=1S/C15H19BrN4O/c1-9(8-20-11(3)14(16)10(2)19-20)15(21)18-13-6-4-5-12(13)7-17/h9H,4-6,8H2,1-3H3,(H,18,21)/t9-/m0/s1. The summed E-state index contributed by atoms with van der Waals surface area (Å²) in [4.78, 5) is 12.3. The Balaban J connectivity index is 2.03. The highest BCUT2D eigenvalue weighted by Crippen LogP contribution is 2.24. The van der Waals surface area contributed by atoms with Gasteiger partial charge in [-0.2, -0.15) is 10.4 Å². The van der Waals surface area contributed by atoms with Crippen LogP contribution in [0.2, 0.25) is 0 Å². The van der Waals surface area contributed by atoms with Crippen molar-refractivity contribution in [1.29, 1.82) is 5.26 Å². The van der Waals surface area contributed by atoms with Gasteiger partial charge in [0.2, 0.25) is 5.91 Å². The van der Waals surface area contributed by atoms with Crippen LogP contribution in [0.25, 0.3) is 0 Å².